The molecule has 6 heterocycles. The van der Waals surface area contributed by atoms with Gasteiger partial charge >= 0.3 is 0 Å². The van der Waals surface area contributed by atoms with Gasteiger partial charge < -0.3 is 27.5 Å². The molecule has 3 aliphatic heterocycles. The highest BCUT2D eigenvalue weighted by Crippen LogP contribution is 2.52. The summed E-state index contributed by atoms with van der Waals surface area (Å²) < 4.78 is 39.7. The van der Waals surface area contributed by atoms with Crippen molar-refractivity contribution in [3.05, 3.63) is 91.0 Å². The van der Waals surface area contributed by atoms with Gasteiger partial charge in [-0.15, -0.1) is 0 Å². The summed E-state index contributed by atoms with van der Waals surface area (Å²) in [6, 6.07) is 30.2. The van der Waals surface area contributed by atoms with Crippen LogP contribution in [0.2, 0.25) is 0 Å². The van der Waals surface area contributed by atoms with E-state index >= 15 is 0 Å². The molecule has 0 saturated carbocycles. The van der Waals surface area contributed by atoms with E-state index in [0.717, 1.165) is 82.7 Å². The number of benzene rings is 6. The predicted octanol–water partition coefficient (Wildman–Crippen LogP) is 8.22. The second-order valence-electron chi connectivity index (χ2n) is 11.5. The Hall–Kier alpha value is -5.82. The molecule has 0 spiro atoms. The van der Waals surface area contributed by atoms with Gasteiger partial charge in [0.2, 0.25) is 0 Å². The van der Waals surface area contributed by atoms with Crippen molar-refractivity contribution < 1.29 is 27.5 Å². The third-order valence-electron chi connectivity index (χ3n) is 9.37. The lowest BCUT2D eigenvalue weighted by Crippen LogP contribution is -2.59. The van der Waals surface area contributed by atoms with Crippen LogP contribution < -0.4 is 30.6 Å². The topological polar surface area (TPSA) is 67.1 Å². The second-order valence-corrected chi connectivity index (χ2v) is 11.5. The maximum atomic E-state index is 6.88. The van der Waals surface area contributed by atoms with Gasteiger partial charge in [-0.25, -0.2) is 0 Å². The predicted molar refractivity (Wildman–Crippen MR) is 166 cm³/mol. The van der Waals surface area contributed by atoms with Crippen LogP contribution in [0.3, 0.4) is 0 Å². The van der Waals surface area contributed by atoms with E-state index in [1.54, 1.807) is 0 Å². The van der Waals surface area contributed by atoms with E-state index in [0.29, 0.717) is 34.0 Å². The van der Waals surface area contributed by atoms with Crippen LogP contribution in [0.15, 0.2) is 104 Å². The van der Waals surface area contributed by atoms with Gasteiger partial charge in [0.1, 0.15) is 68.0 Å². The standard InChI is InChI=1S/C36H15BO6/c1-4-10-19-16(7-1)28-22(38-19)13-25-31-34(28)41-26-14-23-29(17-8-2-5-11-20(17)39-23)35-32(26)37(31)33-27(43-35)15-24-30(36(33)42-25)18-9-3-6-12-21(18)40-24/h1-15H. The number of furan rings is 3. The van der Waals surface area contributed by atoms with Crippen LogP contribution in [0, 0.1) is 0 Å². The third kappa shape index (κ3) is 2.31. The Balaban J connectivity index is 1.30. The summed E-state index contributed by atoms with van der Waals surface area (Å²) in [6.07, 6.45) is 0. The van der Waals surface area contributed by atoms with Crippen molar-refractivity contribution in [1.82, 2.24) is 0 Å². The molecule has 0 aliphatic carbocycles. The summed E-state index contributed by atoms with van der Waals surface area (Å²) >= 11 is 0. The molecular formula is C36H15BO6. The third-order valence-corrected chi connectivity index (χ3v) is 9.37. The number of ether oxygens (including phenoxy) is 3. The molecule has 6 aromatic carbocycles. The smallest absolute Gasteiger partial charge is 0.270 e. The van der Waals surface area contributed by atoms with Gasteiger partial charge in [-0.3, -0.25) is 0 Å². The Morgan fingerprint density at radius 2 is 0.698 bits per heavy atom. The van der Waals surface area contributed by atoms with E-state index in [4.69, 9.17) is 27.5 Å². The second kappa shape index (κ2) is 6.80. The zero-order valence-corrected chi connectivity index (χ0v) is 22.2. The minimum atomic E-state index is -0.189. The lowest BCUT2D eigenvalue weighted by atomic mass is 9.33. The van der Waals surface area contributed by atoms with Crippen molar-refractivity contribution in [2.75, 3.05) is 0 Å². The average molecular weight is 554 g/mol. The van der Waals surface area contributed by atoms with E-state index in [-0.39, 0.29) is 6.71 Å². The Morgan fingerprint density at radius 1 is 0.372 bits per heavy atom. The fraction of sp³-hybridized carbons (Fsp3) is 0. The lowest BCUT2D eigenvalue weighted by molar-refractivity contribution is 0.449. The van der Waals surface area contributed by atoms with Gasteiger partial charge in [0.15, 0.2) is 0 Å². The molecule has 9 aromatic rings. The van der Waals surface area contributed by atoms with Gasteiger partial charge in [0.25, 0.3) is 6.71 Å². The lowest BCUT2D eigenvalue weighted by Gasteiger charge is -2.37. The van der Waals surface area contributed by atoms with Crippen LogP contribution in [-0.2, 0) is 0 Å². The number of para-hydroxylation sites is 3. The molecule has 0 atom stereocenters. The fourth-order valence-electron chi connectivity index (χ4n) is 7.69. The summed E-state index contributed by atoms with van der Waals surface area (Å²) in [7, 11) is 0. The molecule has 0 radical (unpaired) electrons. The molecule has 7 heteroatoms. The first-order chi connectivity index (χ1) is 21.3. The quantitative estimate of drug-likeness (QED) is 0.176. The zero-order valence-electron chi connectivity index (χ0n) is 22.2. The largest absolute Gasteiger partial charge is 0.457 e. The summed E-state index contributed by atoms with van der Waals surface area (Å²) in [5, 5.41) is 5.79. The number of rotatable bonds is 0. The van der Waals surface area contributed by atoms with Crippen LogP contribution in [0.5, 0.6) is 34.5 Å². The SMILES string of the molecule is c1ccc2c(c1)oc1cc3c4c(c12)Oc1cc2oc5ccccc5c2c2c1B4c1c(cc4oc5ccccc5c4c1O3)O2. The first-order valence-corrected chi connectivity index (χ1v) is 14.3. The van der Waals surface area contributed by atoms with Gasteiger partial charge in [0.05, 0.1) is 16.2 Å². The van der Waals surface area contributed by atoms with Gasteiger partial charge in [-0.2, -0.15) is 0 Å². The maximum absolute atomic E-state index is 6.88. The Morgan fingerprint density at radius 3 is 1.05 bits per heavy atom. The molecule has 0 unspecified atom stereocenters. The minimum absolute atomic E-state index is 0.189. The molecule has 0 fully saturated rings. The van der Waals surface area contributed by atoms with Crippen LogP contribution in [0.1, 0.15) is 0 Å². The molecule has 3 aliphatic rings. The maximum Gasteiger partial charge on any atom is 0.270 e. The van der Waals surface area contributed by atoms with Crippen LogP contribution in [0.4, 0.5) is 0 Å². The molecule has 0 N–H and O–H groups in total. The summed E-state index contributed by atoms with van der Waals surface area (Å²) in [6.45, 7) is -0.189. The molecule has 12 rings (SSSR count). The minimum Gasteiger partial charge on any atom is -0.457 e. The van der Waals surface area contributed by atoms with E-state index in [1.807, 2.05) is 72.8 Å². The van der Waals surface area contributed by atoms with Crippen LogP contribution >= 0.6 is 0 Å². The van der Waals surface area contributed by atoms with Gasteiger partial charge in [0, 0.05) is 50.7 Å². The van der Waals surface area contributed by atoms with Crippen molar-refractivity contribution >= 4 is 88.9 Å². The number of fused-ring (bicyclic) bond motifs is 12. The van der Waals surface area contributed by atoms with Crippen molar-refractivity contribution in [2.45, 2.75) is 0 Å². The summed E-state index contributed by atoms with van der Waals surface area (Å²) in [4.78, 5) is 0. The highest BCUT2D eigenvalue weighted by atomic mass is 16.5. The van der Waals surface area contributed by atoms with E-state index < -0.39 is 0 Å². The van der Waals surface area contributed by atoms with Crippen LogP contribution in [0.25, 0.3) is 65.8 Å². The monoisotopic (exact) mass is 554 g/mol. The molecule has 198 valence electrons. The molecule has 0 amide bonds. The first-order valence-electron chi connectivity index (χ1n) is 14.3. The Labute approximate surface area is 241 Å². The highest BCUT2D eigenvalue weighted by Gasteiger charge is 2.49. The van der Waals surface area contributed by atoms with Crippen molar-refractivity contribution in [3.63, 3.8) is 0 Å². The normalized spacial score (nSPS) is 14.1. The molecule has 3 aromatic heterocycles. The van der Waals surface area contributed by atoms with Crippen molar-refractivity contribution in [2.24, 2.45) is 0 Å². The van der Waals surface area contributed by atoms with Gasteiger partial charge in [-0.05, 0) is 18.2 Å². The molecule has 0 saturated heterocycles. The van der Waals surface area contributed by atoms with E-state index in [1.165, 1.54) is 0 Å². The first kappa shape index (κ1) is 21.0. The Bertz CT molecular complexity index is 2480. The van der Waals surface area contributed by atoms with Gasteiger partial charge in [-0.1, -0.05) is 54.6 Å². The highest BCUT2D eigenvalue weighted by molar-refractivity contribution is 7.00. The molecule has 0 bridgehead atoms. The van der Waals surface area contributed by atoms with Crippen molar-refractivity contribution in [3.8, 4) is 34.5 Å². The molecular weight excluding hydrogens is 539 g/mol. The molecule has 6 nitrogen and oxygen atoms in total. The average Bonchev–Trinajstić information content (AvgIpc) is 3.71. The Kier molecular flexibility index (Phi) is 3.31. The number of hydrogen-bond acceptors (Lipinski definition) is 6. The fourth-order valence-corrected chi connectivity index (χ4v) is 7.69. The van der Waals surface area contributed by atoms with E-state index in [2.05, 4.69) is 18.2 Å². The summed E-state index contributed by atoms with van der Waals surface area (Å²) in [5.74, 6) is 4.35. The summed E-state index contributed by atoms with van der Waals surface area (Å²) in [5.41, 5.74) is 7.46. The molecule has 43 heavy (non-hydrogen) atoms. The van der Waals surface area contributed by atoms with Crippen molar-refractivity contribution in [1.29, 1.82) is 0 Å². The zero-order chi connectivity index (χ0) is 27.6. The van der Waals surface area contributed by atoms with Crippen LogP contribution in [-0.4, -0.2) is 6.71 Å². The van der Waals surface area contributed by atoms with E-state index in [9.17, 15) is 0 Å². The number of hydrogen-bond donors (Lipinski definition) is 0.